The molecule has 38 heavy (non-hydrogen) atoms. The van der Waals surface area contributed by atoms with E-state index in [1.807, 2.05) is 0 Å². The molecule has 0 bridgehead atoms. The Kier molecular flexibility index (Phi) is 34.7. The average Bonchev–Trinajstić information content (AvgIpc) is 2.84. The maximum atomic E-state index is 11.3. The Balaban J connectivity index is -0.000000743. The van der Waals surface area contributed by atoms with Crippen molar-refractivity contribution in [3.8, 4) is 0 Å². The molecule has 0 atom stereocenters. The number of nitrogens with two attached hydrogens (primary N) is 1. The average molecular weight is 569 g/mol. The fraction of sp³-hybridized carbons (Fsp3) is 0.929. The molecule has 0 rings (SSSR count). The van der Waals surface area contributed by atoms with Crippen LogP contribution in [0.15, 0.2) is 0 Å². The van der Waals surface area contributed by atoms with Crippen molar-refractivity contribution in [2.75, 3.05) is 13.2 Å². The van der Waals surface area contributed by atoms with Gasteiger partial charge in [0.2, 0.25) is 0 Å². The number of ether oxygens (including phenoxy) is 1. The highest BCUT2D eigenvalue weighted by Crippen LogP contribution is 2.11. The molecule has 0 unspecified atom stereocenters. The predicted octanol–water partition coefficient (Wildman–Crippen LogP) is 7.60. The smallest absolute Gasteiger partial charge is 0.448 e. The van der Waals surface area contributed by atoms with E-state index in [0.29, 0.717) is 6.61 Å². The maximum Gasteiger partial charge on any atom is 0.448 e. The van der Waals surface area contributed by atoms with E-state index in [4.69, 9.17) is 15.0 Å². The number of hydrogen-bond donors (Lipinski definition) is 3. The molecule has 0 aromatic heterocycles. The lowest BCUT2D eigenvalue weighted by atomic mass is 10.1. The van der Waals surface area contributed by atoms with Gasteiger partial charge in [0.05, 0.1) is 19.4 Å². The van der Waals surface area contributed by atoms with Crippen molar-refractivity contribution in [2.45, 2.75) is 155 Å². The van der Waals surface area contributed by atoms with Gasteiger partial charge in [0.25, 0.3) is 0 Å². The van der Waals surface area contributed by atoms with Gasteiger partial charge >= 0.3 is 22.3 Å². The monoisotopic (exact) mass is 568 g/mol. The minimum atomic E-state index is -4.81. The maximum absolute atomic E-state index is 11.3. The van der Waals surface area contributed by atoms with E-state index in [9.17, 15) is 18.0 Å². The fourth-order valence-corrected chi connectivity index (χ4v) is 4.16. The zero-order chi connectivity index (χ0) is 28.0. The van der Waals surface area contributed by atoms with E-state index in [2.05, 4.69) is 18.0 Å². The second-order valence-electron chi connectivity index (χ2n) is 9.76. The summed E-state index contributed by atoms with van der Waals surface area (Å²) in [6.45, 7) is 5.64. The van der Waals surface area contributed by atoms with Crippen molar-refractivity contribution >= 4 is 22.3 Å². The molecule has 0 radical (unpaired) electrons. The minimum absolute atomic E-state index is 0. The van der Waals surface area contributed by atoms with Crippen molar-refractivity contribution in [2.24, 2.45) is 5.73 Å². The number of unbranched alkanes of at least 4 members (excludes halogenated alkanes) is 18. The van der Waals surface area contributed by atoms with Gasteiger partial charge in [-0.3, -0.25) is 14.1 Å². The van der Waals surface area contributed by atoms with Gasteiger partial charge in [0.1, 0.15) is 0 Å². The van der Waals surface area contributed by atoms with Crippen LogP contribution < -0.4 is 11.9 Å². The summed E-state index contributed by atoms with van der Waals surface area (Å²) in [6.07, 6.45) is 25.0. The van der Waals surface area contributed by atoms with Gasteiger partial charge in [-0.15, -0.1) is 0 Å². The molecule has 0 saturated carbocycles. The quantitative estimate of drug-likeness (QED) is 0.0570. The number of carbonyl (C=O) groups is 2. The number of carbonyl (C=O) groups excluding carboxylic acids is 2. The largest absolute Gasteiger partial charge is 0.466 e. The highest BCUT2D eigenvalue weighted by atomic mass is 32.3. The van der Waals surface area contributed by atoms with E-state index in [-0.39, 0.29) is 12.6 Å². The molecular formula is C28H60N2O7S. The summed E-state index contributed by atoms with van der Waals surface area (Å²) in [5.74, 6) is -1.77. The first-order valence-corrected chi connectivity index (χ1v) is 16.2. The molecule has 0 aromatic carbocycles. The normalized spacial score (nSPS) is 10.7. The van der Waals surface area contributed by atoms with Crippen LogP contribution in [0.5, 0.6) is 0 Å². The Morgan fingerprint density at radius 2 is 0.947 bits per heavy atom. The zero-order valence-electron chi connectivity index (χ0n) is 24.6. The minimum Gasteiger partial charge on any atom is -0.466 e. The van der Waals surface area contributed by atoms with Crippen LogP contribution in [0.3, 0.4) is 0 Å². The summed E-state index contributed by atoms with van der Waals surface area (Å²) in [4.78, 5) is 22.3. The highest BCUT2D eigenvalue weighted by Gasteiger charge is 2.15. The Hall–Kier alpha value is -1.23. The van der Waals surface area contributed by atoms with E-state index in [1.165, 1.54) is 109 Å². The Bertz CT molecular complexity index is 606. The second kappa shape index (κ2) is 32.0. The lowest BCUT2D eigenvalue weighted by Gasteiger charge is -2.05. The van der Waals surface area contributed by atoms with Crippen LogP contribution in [-0.4, -0.2) is 38.1 Å². The molecular weight excluding hydrogens is 508 g/mol. The third-order valence-corrected chi connectivity index (χ3v) is 6.45. The Labute approximate surface area is 233 Å². The zero-order valence-corrected chi connectivity index (χ0v) is 25.4. The van der Waals surface area contributed by atoms with Crippen LogP contribution in [0.25, 0.3) is 0 Å². The first kappa shape index (κ1) is 41.3. The first-order chi connectivity index (χ1) is 17.8. The molecule has 0 aliphatic heterocycles. The lowest BCUT2D eigenvalue weighted by Crippen LogP contribution is -2.14. The number of rotatable bonds is 25. The van der Waals surface area contributed by atoms with E-state index in [0.717, 1.165) is 25.8 Å². The molecule has 0 aromatic rings. The topological polar surface area (TPSA) is 168 Å². The highest BCUT2D eigenvalue weighted by molar-refractivity contribution is 7.81. The van der Waals surface area contributed by atoms with Crippen molar-refractivity contribution < 1.29 is 31.5 Å². The number of esters is 1. The third kappa shape index (κ3) is 39.3. The van der Waals surface area contributed by atoms with Gasteiger partial charge in [-0.25, -0.2) is 0 Å². The summed E-state index contributed by atoms with van der Waals surface area (Å²) in [5.41, 5.74) is 5.42. The molecule has 0 amide bonds. The summed E-state index contributed by atoms with van der Waals surface area (Å²) in [6, 6.07) is 0. The standard InChI is InChI=1S/C16H30O7S.C12H27N.H3N/c1-2-3-4-5-6-7-8-9-10-11-14-22-15(17)12-13-16(18)23-24(19,20)21;1-2-3-4-5-6-7-8-9-10-11-12-13;/h2-14H2,1H3,(H,19,20,21);2-13H2,1H3;1H3. The third-order valence-electron chi connectivity index (χ3n) is 6.05. The van der Waals surface area contributed by atoms with E-state index in [1.54, 1.807) is 0 Å². The van der Waals surface area contributed by atoms with E-state index < -0.39 is 28.8 Å². The van der Waals surface area contributed by atoms with Crippen LogP contribution in [0.1, 0.15) is 155 Å². The molecule has 0 saturated heterocycles. The summed E-state index contributed by atoms with van der Waals surface area (Å²) >= 11 is 0. The molecule has 6 N–H and O–H groups in total. The molecule has 9 nitrogen and oxygen atoms in total. The molecule has 0 heterocycles. The van der Waals surface area contributed by atoms with Crippen LogP contribution in [0.4, 0.5) is 0 Å². The van der Waals surface area contributed by atoms with Gasteiger partial charge in [-0.05, 0) is 19.4 Å². The number of hydrogen-bond acceptors (Lipinski definition) is 8. The van der Waals surface area contributed by atoms with Crippen LogP contribution in [-0.2, 0) is 28.9 Å². The molecule has 0 spiro atoms. The summed E-state index contributed by atoms with van der Waals surface area (Å²) in [7, 11) is -4.81. The molecule has 10 heteroatoms. The van der Waals surface area contributed by atoms with Gasteiger partial charge < -0.3 is 20.8 Å². The molecule has 230 valence electrons. The first-order valence-electron chi connectivity index (χ1n) is 14.8. The van der Waals surface area contributed by atoms with Crippen LogP contribution in [0, 0.1) is 0 Å². The SMILES string of the molecule is CCCCCCCCCCCCN.CCCCCCCCCCCCOC(=O)CCC(=O)OS(=O)(=O)O.N. The van der Waals surface area contributed by atoms with E-state index >= 15 is 0 Å². The Morgan fingerprint density at radius 1 is 0.605 bits per heavy atom. The van der Waals surface area contributed by atoms with Crippen LogP contribution in [0.2, 0.25) is 0 Å². The van der Waals surface area contributed by atoms with Gasteiger partial charge in [0.15, 0.2) is 0 Å². The molecule has 0 aliphatic carbocycles. The summed E-state index contributed by atoms with van der Waals surface area (Å²) < 4.78 is 37.4. The molecule has 0 aliphatic rings. The second-order valence-corrected chi connectivity index (χ2v) is 10.8. The van der Waals surface area contributed by atoms with Gasteiger partial charge in [0, 0.05) is 0 Å². The predicted molar refractivity (Wildman–Crippen MR) is 156 cm³/mol. The van der Waals surface area contributed by atoms with Gasteiger partial charge in [-0.2, -0.15) is 8.42 Å². The van der Waals surface area contributed by atoms with Crippen LogP contribution >= 0.6 is 0 Å². The Morgan fingerprint density at radius 3 is 1.32 bits per heavy atom. The van der Waals surface area contributed by atoms with Crippen molar-refractivity contribution in [3.05, 3.63) is 0 Å². The lowest BCUT2D eigenvalue weighted by molar-refractivity contribution is -0.147. The van der Waals surface area contributed by atoms with Crippen molar-refractivity contribution in [1.29, 1.82) is 0 Å². The van der Waals surface area contributed by atoms with Crippen molar-refractivity contribution in [3.63, 3.8) is 0 Å². The fourth-order valence-electron chi connectivity index (χ4n) is 3.84. The summed E-state index contributed by atoms with van der Waals surface area (Å²) in [5, 5.41) is 0. The van der Waals surface area contributed by atoms with Crippen molar-refractivity contribution in [1.82, 2.24) is 6.15 Å². The molecule has 0 fully saturated rings. The van der Waals surface area contributed by atoms with Gasteiger partial charge in [-0.1, -0.05) is 129 Å².